The molecule has 0 aliphatic heterocycles. The van der Waals surface area contributed by atoms with E-state index in [1.807, 2.05) is 25.1 Å². The molecular weight excluding hydrogens is 284 g/mol. The maximum absolute atomic E-state index is 11.5. The van der Waals surface area contributed by atoms with Gasteiger partial charge in [0.15, 0.2) is 0 Å². The third-order valence-electron chi connectivity index (χ3n) is 2.47. The van der Waals surface area contributed by atoms with Crippen molar-refractivity contribution in [3.8, 4) is 5.75 Å². The van der Waals surface area contributed by atoms with Crippen LogP contribution in [0.15, 0.2) is 22.7 Å². The average molecular weight is 301 g/mol. The Hall–Kier alpha value is -1.07. The second-order valence-electron chi connectivity index (χ2n) is 4.56. The minimum absolute atomic E-state index is 0.243. The molecule has 0 aromatic heterocycles. The number of ether oxygens (including phenoxy) is 1. The molecule has 0 atom stereocenters. The molecule has 0 heterocycles. The van der Waals surface area contributed by atoms with Crippen molar-refractivity contribution in [3.05, 3.63) is 28.2 Å². The van der Waals surface area contributed by atoms with Gasteiger partial charge in [-0.1, -0.05) is 15.9 Å². The van der Waals surface area contributed by atoms with Gasteiger partial charge in [-0.25, -0.2) is 5.84 Å². The summed E-state index contributed by atoms with van der Waals surface area (Å²) in [6, 6.07) is 5.74. The highest BCUT2D eigenvalue weighted by Gasteiger charge is 2.28. The lowest BCUT2D eigenvalue weighted by atomic mass is 9.94. The van der Waals surface area contributed by atoms with Crippen LogP contribution < -0.4 is 16.0 Å². The van der Waals surface area contributed by atoms with Crippen LogP contribution in [0.4, 0.5) is 0 Å². The molecule has 0 radical (unpaired) electrons. The SMILES string of the molecule is Cc1cc(Br)ccc1OCC(C)(C)C(=O)NN. The topological polar surface area (TPSA) is 64.3 Å². The van der Waals surface area contributed by atoms with E-state index < -0.39 is 5.41 Å². The first kappa shape index (κ1) is 14.0. The lowest BCUT2D eigenvalue weighted by Crippen LogP contribution is -2.44. The summed E-state index contributed by atoms with van der Waals surface area (Å²) in [6.07, 6.45) is 0. The number of nitrogens with one attached hydrogen (secondary N) is 1. The number of carbonyl (C=O) groups excluding carboxylic acids is 1. The standard InChI is InChI=1S/C12H17BrN2O2/c1-8-6-9(13)4-5-10(8)17-7-12(2,3)11(16)15-14/h4-6H,7,14H2,1-3H3,(H,15,16). The smallest absolute Gasteiger partial charge is 0.242 e. The van der Waals surface area contributed by atoms with E-state index >= 15 is 0 Å². The van der Waals surface area contributed by atoms with Crippen molar-refractivity contribution in [1.29, 1.82) is 0 Å². The molecule has 1 amide bonds. The first-order valence-electron chi connectivity index (χ1n) is 5.27. The van der Waals surface area contributed by atoms with Gasteiger partial charge in [-0.3, -0.25) is 10.2 Å². The Kier molecular flexibility index (Phi) is 4.54. The van der Waals surface area contributed by atoms with Crippen LogP contribution in [0.1, 0.15) is 19.4 Å². The van der Waals surface area contributed by atoms with Gasteiger partial charge in [-0.2, -0.15) is 0 Å². The van der Waals surface area contributed by atoms with Crippen LogP contribution in [-0.4, -0.2) is 12.5 Å². The monoisotopic (exact) mass is 300 g/mol. The molecule has 1 aromatic rings. The van der Waals surface area contributed by atoms with Crippen LogP contribution in [0.2, 0.25) is 0 Å². The van der Waals surface area contributed by atoms with Gasteiger partial charge in [-0.15, -0.1) is 0 Å². The predicted octanol–water partition coefficient (Wildman–Crippen LogP) is 2.15. The van der Waals surface area contributed by atoms with Crippen LogP contribution in [0.3, 0.4) is 0 Å². The summed E-state index contributed by atoms with van der Waals surface area (Å²) in [7, 11) is 0. The molecule has 94 valence electrons. The Morgan fingerprint density at radius 2 is 2.18 bits per heavy atom. The highest BCUT2D eigenvalue weighted by Crippen LogP contribution is 2.24. The molecule has 1 rings (SSSR count). The van der Waals surface area contributed by atoms with Gasteiger partial charge >= 0.3 is 0 Å². The summed E-state index contributed by atoms with van der Waals surface area (Å²) in [6.45, 7) is 5.79. The number of nitrogens with two attached hydrogens (primary N) is 1. The molecule has 0 saturated heterocycles. The van der Waals surface area contributed by atoms with Crippen LogP contribution >= 0.6 is 15.9 Å². The number of halogens is 1. The zero-order valence-corrected chi connectivity index (χ0v) is 11.8. The van der Waals surface area contributed by atoms with Crippen molar-refractivity contribution >= 4 is 21.8 Å². The number of benzene rings is 1. The molecule has 0 aliphatic rings. The quantitative estimate of drug-likeness (QED) is 0.509. The van der Waals surface area contributed by atoms with E-state index in [0.29, 0.717) is 0 Å². The van der Waals surface area contributed by atoms with E-state index in [9.17, 15) is 4.79 Å². The van der Waals surface area contributed by atoms with Crippen molar-refractivity contribution in [2.75, 3.05) is 6.61 Å². The Bertz CT molecular complexity index is 419. The summed E-state index contributed by atoms with van der Waals surface area (Å²) in [5.74, 6) is 5.64. The summed E-state index contributed by atoms with van der Waals surface area (Å²) >= 11 is 3.39. The van der Waals surface area contributed by atoms with Gasteiger partial charge in [0.05, 0.1) is 5.41 Å². The van der Waals surface area contributed by atoms with Gasteiger partial charge in [0.1, 0.15) is 12.4 Å². The van der Waals surface area contributed by atoms with Crippen LogP contribution in [-0.2, 0) is 4.79 Å². The normalized spacial score (nSPS) is 11.1. The van der Waals surface area contributed by atoms with Crippen molar-refractivity contribution in [2.24, 2.45) is 11.3 Å². The van der Waals surface area contributed by atoms with Crippen molar-refractivity contribution < 1.29 is 9.53 Å². The molecule has 0 saturated carbocycles. The number of carbonyl (C=O) groups is 1. The molecule has 17 heavy (non-hydrogen) atoms. The van der Waals surface area contributed by atoms with E-state index in [0.717, 1.165) is 15.8 Å². The number of amides is 1. The molecule has 0 bridgehead atoms. The number of rotatable bonds is 4. The molecule has 0 fully saturated rings. The second-order valence-corrected chi connectivity index (χ2v) is 5.47. The summed E-state index contributed by atoms with van der Waals surface area (Å²) in [4.78, 5) is 11.5. The average Bonchev–Trinajstić information content (AvgIpc) is 2.26. The van der Waals surface area contributed by atoms with E-state index in [2.05, 4.69) is 21.4 Å². The molecule has 1 aromatic carbocycles. The lowest BCUT2D eigenvalue weighted by Gasteiger charge is -2.23. The van der Waals surface area contributed by atoms with Crippen LogP contribution in [0.5, 0.6) is 5.75 Å². The highest BCUT2D eigenvalue weighted by molar-refractivity contribution is 9.10. The number of hydrogen-bond acceptors (Lipinski definition) is 3. The Morgan fingerprint density at radius 3 is 2.71 bits per heavy atom. The molecule has 0 unspecified atom stereocenters. The van der Waals surface area contributed by atoms with Gasteiger partial charge in [-0.05, 0) is 44.5 Å². The van der Waals surface area contributed by atoms with Gasteiger partial charge in [0.2, 0.25) is 5.91 Å². The summed E-state index contributed by atoms with van der Waals surface area (Å²) < 4.78 is 6.64. The third kappa shape index (κ3) is 3.71. The largest absolute Gasteiger partial charge is 0.492 e. The molecule has 0 aliphatic carbocycles. The number of hydrogen-bond donors (Lipinski definition) is 2. The van der Waals surface area contributed by atoms with Gasteiger partial charge in [0, 0.05) is 4.47 Å². The zero-order chi connectivity index (χ0) is 13.1. The fourth-order valence-corrected chi connectivity index (χ4v) is 1.77. The third-order valence-corrected chi connectivity index (χ3v) is 2.96. The summed E-state index contributed by atoms with van der Waals surface area (Å²) in [5, 5.41) is 0. The van der Waals surface area contributed by atoms with E-state index in [-0.39, 0.29) is 12.5 Å². The van der Waals surface area contributed by atoms with E-state index in [1.54, 1.807) is 13.8 Å². The maximum atomic E-state index is 11.5. The first-order chi connectivity index (χ1) is 7.86. The number of aryl methyl sites for hydroxylation is 1. The minimum Gasteiger partial charge on any atom is -0.492 e. The molecule has 3 N–H and O–H groups in total. The second kappa shape index (κ2) is 5.51. The van der Waals surface area contributed by atoms with Gasteiger partial charge < -0.3 is 4.74 Å². The predicted molar refractivity (Wildman–Crippen MR) is 70.5 cm³/mol. The molecule has 0 spiro atoms. The van der Waals surface area contributed by atoms with Crippen LogP contribution in [0, 0.1) is 12.3 Å². The maximum Gasteiger partial charge on any atom is 0.242 e. The van der Waals surface area contributed by atoms with E-state index in [1.165, 1.54) is 0 Å². The van der Waals surface area contributed by atoms with Gasteiger partial charge in [0.25, 0.3) is 0 Å². The lowest BCUT2D eigenvalue weighted by molar-refractivity contribution is -0.130. The summed E-state index contributed by atoms with van der Waals surface area (Å²) in [5.41, 5.74) is 2.50. The van der Waals surface area contributed by atoms with Crippen molar-refractivity contribution in [1.82, 2.24) is 5.43 Å². The van der Waals surface area contributed by atoms with Crippen molar-refractivity contribution in [2.45, 2.75) is 20.8 Å². The number of hydrazine groups is 1. The van der Waals surface area contributed by atoms with Crippen LogP contribution in [0.25, 0.3) is 0 Å². The minimum atomic E-state index is -0.658. The van der Waals surface area contributed by atoms with Crippen molar-refractivity contribution in [3.63, 3.8) is 0 Å². The molecule has 5 heteroatoms. The Labute approximate surface area is 110 Å². The fraction of sp³-hybridized carbons (Fsp3) is 0.417. The fourth-order valence-electron chi connectivity index (χ4n) is 1.29. The Morgan fingerprint density at radius 1 is 1.53 bits per heavy atom. The first-order valence-corrected chi connectivity index (χ1v) is 6.06. The zero-order valence-electron chi connectivity index (χ0n) is 10.2. The van der Waals surface area contributed by atoms with E-state index in [4.69, 9.17) is 10.6 Å². The molecule has 4 nitrogen and oxygen atoms in total. The molecular formula is C12H17BrN2O2. The highest BCUT2D eigenvalue weighted by atomic mass is 79.9. The Balaban J connectivity index is 2.70.